The Hall–Kier alpha value is -8.18. The predicted octanol–water partition coefficient (Wildman–Crippen LogP) is 15.2. The number of nitriles is 2. The SMILES string of the molecule is Cc1ccc(N(c2ccc(-c3ccccc3)cc2)c2cc3ccc4c(C#N)c(N(c5ccc(C)cc5)c5ccc(-c6ccccc6)cc5)cc5ccc(c2C#N)c3c54)cc1. The van der Waals surface area contributed by atoms with Crippen LogP contribution in [0.1, 0.15) is 22.3 Å². The number of hydrogen-bond acceptors (Lipinski definition) is 4. The molecule has 0 atom stereocenters. The van der Waals surface area contributed by atoms with E-state index in [1.165, 1.54) is 0 Å². The molecule has 10 aromatic carbocycles. The first-order valence-corrected chi connectivity index (χ1v) is 20.1. The van der Waals surface area contributed by atoms with Gasteiger partial charge in [0.15, 0.2) is 0 Å². The molecule has 282 valence electrons. The van der Waals surface area contributed by atoms with Crippen LogP contribution in [0.25, 0.3) is 54.6 Å². The number of rotatable bonds is 8. The molecule has 4 nitrogen and oxygen atoms in total. The molecule has 0 amide bonds. The molecule has 0 aromatic heterocycles. The molecular weight excluding hydrogens is 729 g/mol. The van der Waals surface area contributed by atoms with Crippen molar-refractivity contribution >= 4 is 66.4 Å². The van der Waals surface area contributed by atoms with Crippen molar-refractivity contribution in [2.24, 2.45) is 0 Å². The molecule has 0 unspecified atom stereocenters. The highest BCUT2D eigenvalue weighted by atomic mass is 15.1. The van der Waals surface area contributed by atoms with Gasteiger partial charge < -0.3 is 9.80 Å². The van der Waals surface area contributed by atoms with Crippen LogP contribution in [0.4, 0.5) is 34.1 Å². The molecule has 0 N–H and O–H groups in total. The van der Waals surface area contributed by atoms with Gasteiger partial charge in [0, 0.05) is 33.5 Å². The van der Waals surface area contributed by atoms with Gasteiger partial charge >= 0.3 is 0 Å². The van der Waals surface area contributed by atoms with Gasteiger partial charge in [0.1, 0.15) is 12.1 Å². The van der Waals surface area contributed by atoms with Crippen LogP contribution in [0.15, 0.2) is 194 Å². The van der Waals surface area contributed by atoms with Crippen molar-refractivity contribution in [2.45, 2.75) is 13.8 Å². The van der Waals surface area contributed by atoms with E-state index in [2.05, 4.69) is 218 Å². The van der Waals surface area contributed by atoms with Crippen molar-refractivity contribution in [2.75, 3.05) is 9.80 Å². The molecule has 0 aliphatic rings. The summed E-state index contributed by atoms with van der Waals surface area (Å²) in [5, 5.41) is 27.8. The van der Waals surface area contributed by atoms with Crippen LogP contribution in [0.2, 0.25) is 0 Å². The smallest absolute Gasteiger partial charge is 0.102 e. The molecular formula is C56H38N4. The topological polar surface area (TPSA) is 54.1 Å². The summed E-state index contributed by atoms with van der Waals surface area (Å²) >= 11 is 0. The molecule has 0 heterocycles. The van der Waals surface area contributed by atoms with E-state index >= 15 is 0 Å². The Labute approximate surface area is 350 Å². The maximum Gasteiger partial charge on any atom is 0.102 e. The molecule has 0 saturated carbocycles. The first-order valence-electron chi connectivity index (χ1n) is 20.1. The molecule has 10 rings (SSSR count). The maximum atomic E-state index is 11.1. The summed E-state index contributed by atoms with van der Waals surface area (Å²) < 4.78 is 0. The number of anilines is 6. The predicted molar refractivity (Wildman–Crippen MR) is 249 cm³/mol. The van der Waals surface area contributed by atoms with Gasteiger partial charge in [0.25, 0.3) is 0 Å². The van der Waals surface area contributed by atoms with E-state index in [1.54, 1.807) is 0 Å². The fraction of sp³-hybridized carbons (Fsp3) is 0.0357. The maximum absolute atomic E-state index is 11.1. The highest BCUT2D eigenvalue weighted by Crippen LogP contribution is 2.48. The minimum atomic E-state index is 0.576. The first-order chi connectivity index (χ1) is 29.5. The van der Waals surface area contributed by atoms with Gasteiger partial charge in [-0.1, -0.05) is 145 Å². The van der Waals surface area contributed by atoms with Gasteiger partial charge in [-0.25, -0.2) is 0 Å². The van der Waals surface area contributed by atoms with Gasteiger partial charge in [0.05, 0.1) is 22.5 Å². The minimum absolute atomic E-state index is 0.576. The van der Waals surface area contributed by atoms with Crippen molar-refractivity contribution in [3.63, 3.8) is 0 Å². The number of benzene rings is 10. The second-order valence-corrected chi connectivity index (χ2v) is 15.4. The lowest BCUT2D eigenvalue weighted by molar-refractivity contribution is 1.27. The Morgan fingerprint density at radius 2 is 0.667 bits per heavy atom. The molecule has 0 aliphatic heterocycles. The largest absolute Gasteiger partial charge is 0.309 e. The summed E-state index contributed by atoms with van der Waals surface area (Å²) in [4.78, 5) is 4.37. The van der Waals surface area contributed by atoms with Crippen molar-refractivity contribution in [3.8, 4) is 34.4 Å². The van der Waals surface area contributed by atoms with Gasteiger partial charge in [-0.05, 0) is 118 Å². The standard InChI is InChI=1S/C56H38N4/c1-37-13-23-45(24-14-37)59(47-27-17-41(18-28-47)39-9-5-3-6-10-39)53-33-43-21-32-50-52(36-58)54(34-44-22-31-49(51(53)35-57)55(43)56(44)50)60(46-25-15-38(2)16-26-46)48-29-19-42(20-30-48)40-11-7-4-8-12-40/h3-34H,1-2H3. The van der Waals surface area contributed by atoms with Gasteiger partial charge in [-0.2, -0.15) is 10.5 Å². The monoisotopic (exact) mass is 766 g/mol. The Kier molecular flexibility index (Phi) is 9.02. The van der Waals surface area contributed by atoms with Gasteiger partial charge in [0.2, 0.25) is 0 Å². The van der Waals surface area contributed by atoms with Crippen molar-refractivity contribution in [3.05, 3.63) is 216 Å². The summed E-state index contributed by atoms with van der Waals surface area (Å²) in [6.45, 7) is 4.17. The molecule has 0 aliphatic carbocycles. The van der Waals surface area contributed by atoms with E-state index in [0.29, 0.717) is 11.1 Å². The van der Waals surface area contributed by atoms with E-state index in [4.69, 9.17) is 0 Å². The molecule has 4 heteroatoms. The van der Waals surface area contributed by atoms with Crippen LogP contribution < -0.4 is 9.80 Å². The zero-order valence-corrected chi connectivity index (χ0v) is 33.3. The van der Waals surface area contributed by atoms with Crippen molar-refractivity contribution < 1.29 is 0 Å². The molecule has 0 spiro atoms. The van der Waals surface area contributed by atoms with Gasteiger partial charge in [-0.3, -0.25) is 0 Å². The normalized spacial score (nSPS) is 11.1. The quantitative estimate of drug-likeness (QED) is 0.145. The van der Waals surface area contributed by atoms with Crippen LogP contribution >= 0.6 is 0 Å². The molecule has 0 fully saturated rings. The third-order valence-electron chi connectivity index (χ3n) is 11.6. The van der Waals surface area contributed by atoms with Crippen LogP contribution in [-0.2, 0) is 0 Å². The summed E-state index contributed by atoms with van der Waals surface area (Å²) in [7, 11) is 0. The number of aryl methyl sites for hydroxylation is 2. The van der Waals surface area contributed by atoms with Crippen molar-refractivity contribution in [1.82, 2.24) is 0 Å². The van der Waals surface area contributed by atoms with E-state index in [9.17, 15) is 10.5 Å². The summed E-state index contributed by atoms with van der Waals surface area (Å²) in [6, 6.07) is 72.6. The Bertz CT molecular complexity index is 3030. The number of hydrogen-bond donors (Lipinski definition) is 0. The molecule has 0 saturated heterocycles. The van der Waals surface area contributed by atoms with Crippen LogP contribution in [0, 0.1) is 36.5 Å². The Morgan fingerprint density at radius 1 is 0.350 bits per heavy atom. The second kappa shape index (κ2) is 15.0. The molecule has 10 aromatic rings. The van der Waals surface area contributed by atoms with Crippen molar-refractivity contribution in [1.29, 1.82) is 10.5 Å². The minimum Gasteiger partial charge on any atom is -0.309 e. The molecule has 60 heavy (non-hydrogen) atoms. The van der Waals surface area contributed by atoms with E-state index in [0.717, 1.165) is 99.8 Å². The average Bonchev–Trinajstić information content (AvgIpc) is 3.30. The zero-order valence-electron chi connectivity index (χ0n) is 33.3. The number of nitrogens with zero attached hydrogens (tertiary/aromatic N) is 4. The molecule has 0 radical (unpaired) electrons. The van der Waals surface area contributed by atoms with E-state index < -0.39 is 0 Å². The lowest BCUT2D eigenvalue weighted by Crippen LogP contribution is -2.13. The lowest BCUT2D eigenvalue weighted by atomic mass is 9.88. The molecule has 0 bridgehead atoms. The first kappa shape index (κ1) is 36.2. The van der Waals surface area contributed by atoms with E-state index in [1.807, 2.05) is 12.1 Å². The third kappa shape index (κ3) is 6.25. The van der Waals surface area contributed by atoms with Crippen LogP contribution in [0.5, 0.6) is 0 Å². The second-order valence-electron chi connectivity index (χ2n) is 15.4. The lowest BCUT2D eigenvalue weighted by Gasteiger charge is -2.29. The summed E-state index contributed by atoms with van der Waals surface area (Å²) in [6.07, 6.45) is 0. The van der Waals surface area contributed by atoms with Crippen LogP contribution in [-0.4, -0.2) is 0 Å². The highest BCUT2D eigenvalue weighted by molar-refractivity contribution is 6.27. The summed E-state index contributed by atoms with van der Waals surface area (Å²) in [5.74, 6) is 0. The summed E-state index contributed by atoms with van der Waals surface area (Å²) in [5.41, 5.74) is 13.4. The fourth-order valence-corrected chi connectivity index (χ4v) is 8.62. The highest BCUT2D eigenvalue weighted by Gasteiger charge is 2.25. The van der Waals surface area contributed by atoms with E-state index in [-0.39, 0.29) is 0 Å². The Morgan fingerprint density at radius 3 is 1.00 bits per heavy atom. The van der Waals surface area contributed by atoms with Gasteiger partial charge in [-0.15, -0.1) is 0 Å². The van der Waals surface area contributed by atoms with Crippen LogP contribution in [0.3, 0.4) is 0 Å². The zero-order chi connectivity index (χ0) is 40.7. The Balaban J connectivity index is 1.16. The fourth-order valence-electron chi connectivity index (χ4n) is 8.62. The third-order valence-corrected chi connectivity index (χ3v) is 11.6. The average molecular weight is 767 g/mol.